The van der Waals surface area contributed by atoms with Crippen molar-refractivity contribution >= 4 is 0 Å². The number of ether oxygens (including phenoxy) is 1. The summed E-state index contributed by atoms with van der Waals surface area (Å²) in [7, 11) is 0. The molecule has 4 nitrogen and oxygen atoms in total. The van der Waals surface area contributed by atoms with E-state index in [1.54, 1.807) is 10.6 Å². The molecule has 3 aliphatic carbocycles. The first kappa shape index (κ1) is 21.4. The van der Waals surface area contributed by atoms with E-state index < -0.39 is 0 Å². The van der Waals surface area contributed by atoms with E-state index in [9.17, 15) is 10.3 Å². The number of hydroxylamine groups is 2. The molecule has 2 aliphatic heterocycles. The van der Waals surface area contributed by atoms with Crippen molar-refractivity contribution < 1.29 is 15.1 Å². The Morgan fingerprint density at radius 3 is 2.77 bits per heavy atom. The minimum Gasteiger partial charge on any atom is -0.393 e. The standard InChI is InChI=1S/C26H43NO3/c1-16-11-25-24(27(29)14-16)6-4-5-20-21-8-7-18-12-19(28)9-10-26(18,3)23(21)13-22(20)17(2)15-30-25/h16,18-21,23-25,28-29H,4-15H2,1-3H3/b22-17-/t16-,18+,19?,20-,21-,23-,24-,25+,26-/m0/s1. The summed E-state index contributed by atoms with van der Waals surface area (Å²) in [6.07, 6.45) is 11.8. The van der Waals surface area contributed by atoms with Gasteiger partial charge in [0.2, 0.25) is 0 Å². The predicted molar refractivity (Wildman–Crippen MR) is 118 cm³/mol. The van der Waals surface area contributed by atoms with Crippen LogP contribution in [-0.4, -0.2) is 46.8 Å². The number of aliphatic hydroxyl groups is 1. The molecule has 0 aromatic carbocycles. The lowest BCUT2D eigenvalue weighted by Crippen LogP contribution is -2.50. The molecule has 1 saturated heterocycles. The number of hydrogen-bond donors (Lipinski definition) is 2. The van der Waals surface area contributed by atoms with Crippen molar-refractivity contribution in [3.63, 3.8) is 0 Å². The third-order valence-corrected chi connectivity index (χ3v) is 10.1. The highest BCUT2D eigenvalue weighted by atomic mass is 16.5. The van der Waals surface area contributed by atoms with Crippen molar-refractivity contribution in [2.45, 2.75) is 103 Å². The first-order valence-electron chi connectivity index (χ1n) is 12.8. The molecule has 170 valence electrons. The van der Waals surface area contributed by atoms with Gasteiger partial charge in [-0.3, -0.25) is 0 Å². The fourth-order valence-electron chi connectivity index (χ4n) is 8.47. The summed E-state index contributed by atoms with van der Waals surface area (Å²) in [6, 6.07) is 0.167. The van der Waals surface area contributed by atoms with Crippen molar-refractivity contribution in [3.8, 4) is 0 Å². The smallest absolute Gasteiger partial charge is 0.0760 e. The summed E-state index contributed by atoms with van der Waals surface area (Å²) in [5.74, 6) is 3.53. The Bertz CT molecular complexity index is 677. The van der Waals surface area contributed by atoms with Gasteiger partial charge in [0, 0.05) is 6.54 Å². The van der Waals surface area contributed by atoms with E-state index in [1.165, 1.54) is 44.1 Å². The van der Waals surface area contributed by atoms with Gasteiger partial charge in [-0.15, -0.1) is 0 Å². The molecule has 5 aliphatic rings. The predicted octanol–water partition coefficient (Wildman–Crippen LogP) is 5.19. The van der Waals surface area contributed by atoms with Gasteiger partial charge in [0.25, 0.3) is 0 Å². The molecule has 9 atom stereocenters. The zero-order chi connectivity index (χ0) is 21.0. The summed E-state index contributed by atoms with van der Waals surface area (Å²) >= 11 is 0. The van der Waals surface area contributed by atoms with Gasteiger partial charge in [-0.1, -0.05) is 25.8 Å². The molecule has 1 unspecified atom stereocenters. The van der Waals surface area contributed by atoms with E-state index in [2.05, 4.69) is 20.8 Å². The van der Waals surface area contributed by atoms with Crippen LogP contribution in [0, 0.1) is 35.0 Å². The number of allylic oxidation sites excluding steroid dienone is 1. The number of aliphatic hydroxyl groups excluding tert-OH is 1. The van der Waals surface area contributed by atoms with Gasteiger partial charge in [0.05, 0.1) is 24.9 Å². The van der Waals surface area contributed by atoms with E-state index in [0.717, 1.165) is 56.6 Å². The van der Waals surface area contributed by atoms with E-state index in [0.29, 0.717) is 17.3 Å². The van der Waals surface area contributed by atoms with E-state index in [4.69, 9.17) is 4.74 Å². The molecular weight excluding hydrogens is 374 g/mol. The highest BCUT2D eigenvalue weighted by Crippen LogP contribution is 2.63. The zero-order valence-electron chi connectivity index (χ0n) is 19.4. The van der Waals surface area contributed by atoms with Crippen LogP contribution in [0.4, 0.5) is 0 Å². The Morgan fingerprint density at radius 2 is 1.93 bits per heavy atom. The van der Waals surface area contributed by atoms with Gasteiger partial charge >= 0.3 is 0 Å². The molecule has 2 heterocycles. The summed E-state index contributed by atoms with van der Waals surface area (Å²) < 4.78 is 6.49. The third kappa shape index (κ3) is 3.60. The molecule has 0 aromatic rings. The first-order chi connectivity index (χ1) is 14.4. The molecule has 0 aromatic heterocycles. The summed E-state index contributed by atoms with van der Waals surface area (Å²) in [4.78, 5) is 0. The lowest BCUT2D eigenvalue weighted by molar-refractivity contribution is -0.197. The minimum absolute atomic E-state index is 0.0664. The van der Waals surface area contributed by atoms with Crippen molar-refractivity contribution in [1.82, 2.24) is 5.06 Å². The van der Waals surface area contributed by atoms with Gasteiger partial charge in [-0.2, -0.15) is 5.06 Å². The Hall–Kier alpha value is -0.420. The lowest BCUT2D eigenvalue weighted by atomic mass is 9.52. The number of hydrogen-bond acceptors (Lipinski definition) is 4. The molecule has 30 heavy (non-hydrogen) atoms. The Kier molecular flexibility index (Phi) is 5.84. The Morgan fingerprint density at radius 1 is 1.10 bits per heavy atom. The van der Waals surface area contributed by atoms with Crippen LogP contribution in [-0.2, 0) is 4.74 Å². The molecule has 0 bridgehead atoms. The number of piperidine rings is 1. The van der Waals surface area contributed by atoms with Crippen LogP contribution < -0.4 is 0 Å². The van der Waals surface area contributed by atoms with Crippen molar-refractivity contribution in [2.24, 2.45) is 35.0 Å². The van der Waals surface area contributed by atoms with Crippen LogP contribution >= 0.6 is 0 Å². The second kappa shape index (κ2) is 8.17. The van der Waals surface area contributed by atoms with Crippen LogP contribution in [0.1, 0.15) is 85.0 Å². The molecule has 4 heteroatoms. The molecule has 0 amide bonds. The maximum Gasteiger partial charge on any atom is 0.0760 e. The fourth-order valence-corrected chi connectivity index (χ4v) is 8.47. The molecule has 3 saturated carbocycles. The molecular formula is C26H43NO3. The quantitative estimate of drug-likeness (QED) is 0.533. The van der Waals surface area contributed by atoms with Gasteiger partial charge in [-0.05, 0) is 105 Å². The third-order valence-electron chi connectivity index (χ3n) is 10.1. The normalized spacial score (nSPS) is 52.7. The summed E-state index contributed by atoms with van der Waals surface area (Å²) in [5.41, 5.74) is 3.62. The second-order valence-corrected chi connectivity index (χ2v) is 11.9. The fraction of sp³-hybridized carbons (Fsp3) is 0.923. The van der Waals surface area contributed by atoms with Gasteiger partial charge < -0.3 is 15.1 Å². The SMILES string of the molecule is C/C1=C2\C[C@H]3[C@@H](CC[C@@H]4CC(O)CC[C@@]43C)[C@@H]2CCC[C@H]2[C@@H](C[C@H](C)CN2O)OC1. The highest BCUT2D eigenvalue weighted by Gasteiger charge is 2.55. The average molecular weight is 418 g/mol. The summed E-state index contributed by atoms with van der Waals surface area (Å²) in [5, 5.41) is 22.5. The van der Waals surface area contributed by atoms with E-state index in [-0.39, 0.29) is 18.2 Å². The van der Waals surface area contributed by atoms with Gasteiger partial charge in [0.1, 0.15) is 0 Å². The van der Waals surface area contributed by atoms with Crippen LogP contribution in [0.3, 0.4) is 0 Å². The molecule has 2 N–H and O–H groups in total. The minimum atomic E-state index is -0.0664. The molecule has 4 fully saturated rings. The van der Waals surface area contributed by atoms with E-state index in [1.807, 2.05) is 0 Å². The monoisotopic (exact) mass is 417 g/mol. The zero-order valence-corrected chi connectivity index (χ0v) is 19.4. The molecule has 0 spiro atoms. The highest BCUT2D eigenvalue weighted by molar-refractivity contribution is 5.25. The Balaban J connectivity index is 1.39. The first-order valence-corrected chi connectivity index (χ1v) is 12.8. The largest absolute Gasteiger partial charge is 0.393 e. The summed E-state index contributed by atoms with van der Waals surface area (Å²) in [6.45, 7) is 8.63. The van der Waals surface area contributed by atoms with Crippen LogP contribution in [0.15, 0.2) is 11.1 Å². The van der Waals surface area contributed by atoms with Crippen molar-refractivity contribution in [2.75, 3.05) is 13.2 Å². The number of nitrogens with zero attached hydrogens (tertiary/aromatic N) is 1. The molecule has 5 rings (SSSR count). The van der Waals surface area contributed by atoms with Gasteiger partial charge in [-0.25, -0.2) is 0 Å². The topological polar surface area (TPSA) is 52.9 Å². The van der Waals surface area contributed by atoms with Crippen LogP contribution in [0.5, 0.6) is 0 Å². The second-order valence-electron chi connectivity index (χ2n) is 11.9. The molecule has 0 radical (unpaired) electrons. The maximum absolute atomic E-state index is 10.6. The van der Waals surface area contributed by atoms with Gasteiger partial charge in [0.15, 0.2) is 0 Å². The maximum atomic E-state index is 10.6. The Labute approximate surface area is 183 Å². The van der Waals surface area contributed by atoms with Crippen LogP contribution in [0.25, 0.3) is 0 Å². The van der Waals surface area contributed by atoms with Crippen LogP contribution in [0.2, 0.25) is 0 Å². The number of rotatable bonds is 0. The number of fused-ring (bicyclic) bond motifs is 6. The lowest BCUT2D eigenvalue weighted by Gasteiger charge is -2.53. The van der Waals surface area contributed by atoms with E-state index >= 15 is 0 Å². The van der Waals surface area contributed by atoms with Crippen molar-refractivity contribution in [1.29, 1.82) is 0 Å². The average Bonchev–Trinajstić information content (AvgIpc) is 3.08. The van der Waals surface area contributed by atoms with Crippen molar-refractivity contribution in [3.05, 3.63) is 11.1 Å².